The smallest absolute Gasteiger partial charge is 0.314 e. The first-order chi connectivity index (χ1) is 2.79. The van der Waals surface area contributed by atoms with Gasteiger partial charge < -0.3 is 9.84 Å². The largest absolute Gasteiger partial charge is 0.435 e. The standard InChI is InChI=1S/C3H4O3/c4-2-1-3(5)6-2/h2,4H,1H2. The zero-order valence-electron chi connectivity index (χ0n) is 3.05. The summed E-state index contributed by atoms with van der Waals surface area (Å²) in [6.45, 7) is 0. The minimum Gasteiger partial charge on any atom is -0.435 e. The van der Waals surface area contributed by atoms with Crippen LogP contribution in [0.2, 0.25) is 0 Å². The first kappa shape index (κ1) is 3.61. The molecule has 1 aliphatic rings. The van der Waals surface area contributed by atoms with Gasteiger partial charge in [0, 0.05) is 0 Å². The minimum atomic E-state index is -0.808. The molecule has 1 fully saturated rings. The van der Waals surface area contributed by atoms with Crippen LogP contribution in [0.3, 0.4) is 0 Å². The van der Waals surface area contributed by atoms with Gasteiger partial charge in [-0.1, -0.05) is 0 Å². The van der Waals surface area contributed by atoms with Crippen LogP contribution in [-0.2, 0) is 9.53 Å². The highest BCUT2D eigenvalue weighted by atomic mass is 16.7. The van der Waals surface area contributed by atoms with E-state index in [2.05, 4.69) is 4.74 Å². The van der Waals surface area contributed by atoms with Gasteiger partial charge in [-0.3, -0.25) is 4.79 Å². The van der Waals surface area contributed by atoms with Crippen LogP contribution < -0.4 is 0 Å². The highest BCUT2D eigenvalue weighted by Crippen LogP contribution is 2.07. The maximum Gasteiger partial charge on any atom is 0.314 e. The summed E-state index contributed by atoms with van der Waals surface area (Å²) < 4.78 is 4.06. The molecule has 6 heavy (non-hydrogen) atoms. The Hall–Kier alpha value is -0.570. The van der Waals surface area contributed by atoms with E-state index in [1.807, 2.05) is 0 Å². The molecule has 3 nitrogen and oxygen atoms in total. The van der Waals surface area contributed by atoms with Crippen molar-refractivity contribution in [2.75, 3.05) is 0 Å². The van der Waals surface area contributed by atoms with Crippen molar-refractivity contribution in [3.05, 3.63) is 0 Å². The van der Waals surface area contributed by atoms with Gasteiger partial charge in [-0.15, -0.1) is 0 Å². The molecular weight excluding hydrogens is 84.0 g/mol. The molecule has 1 saturated heterocycles. The van der Waals surface area contributed by atoms with E-state index in [-0.39, 0.29) is 12.4 Å². The second-order valence-electron chi connectivity index (χ2n) is 1.15. The number of hydrogen-bond acceptors (Lipinski definition) is 3. The van der Waals surface area contributed by atoms with Crippen molar-refractivity contribution in [1.29, 1.82) is 0 Å². The van der Waals surface area contributed by atoms with Gasteiger partial charge >= 0.3 is 5.97 Å². The molecule has 0 spiro atoms. The molecule has 1 atom stereocenters. The normalized spacial score (nSPS) is 31.5. The van der Waals surface area contributed by atoms with Crippen molar-refractivity contribution in [3.8, 4) is 0 Å². The van der Waals surface area contributed by atoms with Gasteiger partial charge in [0.05, 0.1) is 0 Å². The maximum atomic E-state index is 9.73. The molecule has 0 aromatic rings. The monoisotopic (exact) mass is 88.0 g/mol. The molecule has 1 unspecified atom stereocenters. The van der Waals surface area contributed by atoms with Crippen molar-refractivity contribution in [1.82, 2.24) is 0 Å². The lowest BCUT2D eigenvalue weighted by Crippen LogP contribution is -2.31. The average molecular weight is 88.1 g/mol. The Kier molecular flexibility index (Phi) is 0.569. The fraction of sp³-hybridized carbons (Fsp3) is 0.667. The molecule has 0 aromatic carbocycles. The van der Waals surface area contributed by atoms with Crippen LogP contribution in [0.15, 0.2) is 0 Å². The average Bonchev–Trinajstić information content (AvgIpc) is 1.33. The van der Waals surface area contributed by atoms with Gasteiger partial charge in [0.15, 0.2) is 0 Å². The second kappa shape index (κ2) is 0.944. The topological polar surface area (TPSA) is 46.5 Å². The number of carbonyl (C=O) groups excluding carboxylic acids is 1. The zero-order valence-corrected chi connectivity index (χ0v) is 3.05. The molecule has 0 saturated carbocycles. The Morgan fingerprint density at radius 1 is 2.00 bits per heavy atom. The zero-order chi connectivity index (χ0) is 4.57. The first-order valence-electron chi connectivity index (χ1n) is 1.66. The fourth-order valence-electron chi connectivity index (χ4n) is 0.285. The van der Waals surface area contributed by atoms with E-state index in [0.29, 0.717) is 0 Å². The van der Waals surface area contributed by atoms with Crippen molar-refractivity contribution < 1.29 is 14.6 Å². The lowest BCUT2D eigenvalue weighted by Gasteiger charge is -2.18. The van der Waals surface area contributed by atoms with Gasteiger partial charge in [-0.25, -0.2) is 0 Å². The first-order valence-corrected chi connectivity index (χ1v) is 1.66. The molecule has 0 bridgehead atoms. The van der Waals surface area contributed by atoms with E-state index in [4.69, 9.17) is 5.11 Å². The molecule has 34 valence electrons. The molecule has 1 aliphatic heterocycles. The summed E-state index contributed by atoms with van der Waals surface area (Å²) in [5, 5.41) is 8.18. The van der Waals surface area contributed by atoms with E-state index in [1.54, 1.807) is 0 Å². The van der Waals surface area contributed by atoms with Gasteiger partial charge in [-0.2, -0.15) is 0 Å². The Morgan fingerprint density at radius 2 is 2.50 bits per heavy atom. The fourth-order valence-corrected chi connectivity index (χ4v) is 0.285. The molecule has 0 amide bonds. The van der Waals surface area contributed by atoms with Crippen LogP contribution in [0, 0.1) is 0 Å². The van der Waals surface area contributed by atoms with E-state index in [1.165, 1.54) is 0 Å². The summed E-state index contributed by atoms with van der Waals surface area (Å²) >= 11 is 0. The van der Waals surface area contributed by atoms with Crippen molar-refractivity contribution in [2.24, 2.45) is 0 Å². The third-order valence-electron chi connectivity index (χ3n) is 0.609. The number of aliphatic hydroxyl groups is 1. The highest BCUT2D eigenvalue weighted by Gasteiger charge is 2.24. The van der Waals surface area contributed by atoms with Gasteiger partial charge in [-0.05, 0) is 0 Å². The van der Waals surface area contributed by atoms with Gasteiger partial charge in [0.1, 0.15) is 6.42 Å². The Balaban J connectivity index is 2.28. The van der Waals surface area contributed by atoms with Crippen LogP contribution in [0.25, 0.3) is 0 Å². The summed E-state index contributed by atoms with van der Waals surface area (Å²) in [6, 6.07) is 0. The second-order valence-corrected chi connectivity index (χ2v) is 1.15. The van der Waals surface area contributed by atoms with Gasteiger partial charge in [0.25, 0.3) is 0 Å². The Morgan fingerprint density at radius 3 is 2.50 bits per heavy atom. The third-order valence-corrected chi connectivity index (χ3v) is 0.609. The number of hydrogen-bond donors (Lipinski definition) is 1. The number of esters is 1. The number of aliphatic hydroxyl groups excluding tert-OH is 1. The predicted molar refractivity (Wildman–Crippen MR) is 16.7 cm³/mol. The van der Waals surface area contributed by atoms with Crippen LogP contribution in [-0.4, -0.2) is 17.4 Å². The van der Waals surface area contributed by atoms with E-state index >= 15 is 0 Å². The number of carbonyl (C=O) groups is 1. The van der Waals surface area contributed by atoms with E-state index in [9.17, 15) is 4.79 Å². The SMILES string of the molecule is O=C1CC(O)O1. The van der Waals surface area contributed by atoms with Crippen LogP contribution >= 0.6 is 0 Å². The molecule has 1 heterocycles. The molecule has 0 radical (unpaired) electrons. The quantitative estimate of drug-likeness (QED) is 0.396. The van der Waals surface area contributed by atoms with Crippen LogP contribution in [0.5, 0.6) is 0 Å². The van der Waals surface area contributed by atoms with Crippen LogP contribution in [0.1, 0.15) is 6.42 Å². The lowest BCUT2D eigenvalue weighted by molar-refractivity contribution is -0.202. The van der Waals surface area contributed by atoms with Crippen LogP contribution in [0.4, 0.5) is 0 Å². The van der Waals surface area contributed by atoms with Crippen molar-refractivity contribution >= 4 is 5.97 Å². The Bertz CT molecular complexity index is 70.1. The minimum absolute atomic E-state index is 0.167. The molecular formula is C3H4O3. The number of cyclic esters (lactones) is 1. The summed E-state index contributed by atoms with van der Waals surface area (Å²) in [4.78, 5) is 9.73. The summed E-state index contributed by atoms with van der Waals surface area (Å²) in [7, 11) is 0. The number of rotatable bonds is 0. The molecule has 0 aliphatic carbocycles. The molecule has 1 rings (SSSR count). The summed E-state index contributed by atoms with van der Waals surface area (Å²) in [5.74, 6) is -0.317. The van der Waals surface area contributed by atoms with E-state index in [0.717, 1.165) is 0 Å². The summed E-state index contributed by atoms with van der Waals surface area (Å²) in [6.07, 6.45) is -0.641. The highest BCUT2D eigenvalue weighted by molar-refractivity contribution is 5.74. The lowest BCUT2D eigenvalue weighted by atomic mass is 10.3. The molecule has 3 heteroatoms. The molecule has 1 N–H and O–H groups in total. The summed E-state index contributed by atoms with van der Waals surface area (Å²) in [5.41, 5.74) is 0. The number of ether oxygens (including phenoxy) is 1. The predicted octanol–water partition coefficient (Wildman–Crippen LogP) is -0.748. The van der Waals surface area contributed by atoms with Crippen molar-refractivity contribution in [2.45, 2.75) is 12.7 Å². The van der Waals surface area contributed by atoms with E-state index < -0.39 is 6.29 Å². The van der Waals surface area contributed by atoms with Gasteiger partial charge in [0.2, 0.25) is 6.29 Å². The Labute approximate surface area is 34.5 Å². The third kappa shape index (κ3) is 0.367. The van der Waals surface area contributed by atoms with Crippen molar-refractivity contribution in [3.63, 3.8) is 0 Å². The molecule has 0 aromatic heterocycles. The maximum absolute atomic E-state index is 9.73.